The summed E-state index contributed by atoms with van der Waals surface area (Å²) >= 11 is 0. The summed E-state index contributed by atoms with van der Waals surface area (Å²) in [6.45, 7) is 1.99. The molecule has 1 aromatic heterocycles. The smallest absolute Gasteiger partial charge is 0.116 e. The number of fused-ring (bicyclic) bond motifs is 1. The molecule has 2 N–H and O–H groups in total. The Morgan fingerprint density at radius 3 is 2.46 bits per heavy atom. The van der Waals surface area contributed by atoms with Gasteiger partial charge in [-0.3, -0.25) is 0 Å². The second kappa shape index (κ2) is 4.52. The first-order valence-electron chi connectivity index (χ1n) is 4.12. The van der Waals surface area contributed by atoms with E-state index < -0.39 is 0 Å². The van der Waals surface area contributed by atoms with Gasteiger partial charge in [-0.25, -0.2) is 9.97 Å². The van der Waals surface area contributed by atoms with Crippen LogP contribution in [-0.4, -0.2) is 17.0 Å². The van der Waals surface area contributed by atoms with E-state index in [2.05, 4.69) is 15.7 Å². The molecule has 0 aliphatic rings. The number of nitrogens with two attached hydrogens (primary N) is 1. The van der Waals surface area contributed by atoms with Crippen LogP contribution in [0.1, 0.15) is 5.69 Å². The predicted octanol–water partition coefficient (Wildman–Crippen LogP) is 1.51. The maximum Gasteiger partial charge on any atom is 0.116 e. The molecule has 68 valence electrons. The first-order chi connectivity index (χ1) is 6.38. The molecule has 0 saturated carbocycles. The number of aromatic nitrogens is 2. The van der Waals surface area contributed by atoms with E-state index >= 15 is 0 Å². The minimum absolute atomic E-state index is 1.01. The molecule has 0 bridgehead atoms. The van der Waals surface area contributed by atoms with Gasteiger partial charge in [-0.05, 0) is 20.0 Å². The molecule has 0 unspecified atom stereocenters. The van der Waals surface area contributed by atoms with Gasteiger partial charge in [0.15, 0.2) is 0 Å². The van der Waals surface area contributed by atoms with Gasteiger partial charge in [-0.2, -0.15) is 0 Å². The lowest BCUT2D eigenvalue weighted by Crippen LogP contribution is -1.85. The normalized spacial score (nSPS) is 9.15. The topological polar surface area (TPSA) is 51.8 Å². The Kier molecular flexibility index (Phi) is 3.34. The lowest BCUT2D eigenvalue weighted by molar-refractivity contribution is 1.15. The van der Waals surface area contributed by atoms with Crippen LogP contribution in [0.25, 0.3) is 10.9 Å². The Morgan fingerprint density at radius 1 is 1.08 bits per heavy atom. The highest BCUT2D eigenvalue weighted by Gasteiger charge is 1.94. The maximum atomic E-state index is 4.50. The second-order valence-corrected chi connectivity index (χ2v) is 2.48. The Morgan fingerprint density at radius 2 is 1.77 bits per heavy atom. The van der Waals surface area contributed by atoms with Crippen molar-refractivity contribution in [3.63, 3.8) is 0 Å². The third-order valence-corrected chi connectivity index (χ3v) is 1.74. The molecule has 0 spiro atoms. The Hall–Kier alpha value is -1.48. The number of para-hydroxylation sites is 1. The highest BCUT2D eigenvalue weighted by atomic mass is 14.8. The molecule has 2 aromatic rings. The van der Waals surface area contributed by atoms with Crippen LogP contribution in [-0.2, 0) is 0 Å². The monoisotopic (exact) mass is 175 g/mol. The average molecular weight is 175 g/mol. The minimum Gasteiger partial charge on any atom is -0.333 e. The van der Waals surface area contributed by atoms with Crippen LogP contribution in [0.5, 0.6) is 0 Å². The fraction of sp³-hybridized carbons (Fsp3) is 0.200. The maximum absolute atomic E-state index is 4.50. The molecule has 0 aliphatic carbocycles. The summed E-state index contributed by atoms with van der Waals surface area (Å²) in [5.74, 6) is 0. The Balaban J connectivity index is 0.000000396. The summed E-state index contributed by atoms with van der Waals surface area (Å²) in [5.41, 5.74) is 6.55. The number of hydrogen-bond donors (Lipinski definition) is 1. The largest absolute Gasteiger partial charge is 0.333 e. The Labute approximate surface area is 77.6 Å². The van der Waals surface area contributed by atoms with Crippen LogP contribution in [0.3, 0.4) is 0 Å². The zero-order valence-electron chi connectivity index (χ0n) is 7.86. The van der Waals surface area contributed by atoms with Crippen molar-refractivity contribution < 1.29 is 0 Å². The van der Waals surface area contributed by atoms with Gasteiger partial charge in [-0.1, -0.05) is 18.2 Å². The van der Waals surface area contributed by atoms with E-state index in [-0.39, 0.29) is 0 Å². The molecule has 13 heavy (non-hydrogen) atoms. The van der Waals surface area contributed by atoms with Gasteiger partial charge < -0.3 is 5.73 Å². The van der Waals surface area contributed by atoms with Crippen LogP contribution < -0.4 is 5.73 Å². The summed E-state index contributed by atoms with van der Waals surface area (Å²) in [7, 11) is 1.50. The van der Waals surface area contributed by atoms with Crippen molar-refractivity contribution >= 4 is 10.9 Å². The first kappa shape index (κ1) is 9.61. The van der Waals surface area contributed by atoms with Crippen LogP contribution in [0, 0.1) is 6.92 Å². The predicted molar refractivity (Wildman–Crippen MR) is 54.4 cm³/mol. The van der Waals surface area contributed by atoms with E-state index in [1.165, 1.54) is 7.05 Å². The highest BCUT2D eigenvalue weighted by Crippen LogP contribution is 2.11. The van der Waals surface area contributed by atoms with Crippen molar-refractivity contribution in [2.24, 2.45) is 5.73 Å². The first-order valence-corrected chi connectivity index (χ1v) is 4.12. The zero-order valence-corrected chi connectivity index (χ0v) is 7.86. The number of aryl methyl sites for hydroxylation is 1. The van der Waals surface area contributed by atoms with Crippen LogP contribution in [0.15, 0.2) is 30.6 Å². The minimum atomic E-state index is 1.01. The number of hydrogen-bond acceptors (Lipinski definition) is 3. The van der Waals surface area contributed by atoms with E-state index in [1.807, 2.05) is 31.2 Å². The number of benzene rings is 1. The molecule has 2 rings (SSSR count). The molecule has 0 saturated heterocycles. The molecule has 0 aliphatic heterocycles. The van der Waals surface area contributed by atoms with E-state index in [4.69, 9.17) is 0 Å². The van der Waals surface area contributed by atoms with Gasteiger partial charge >= 0.3 is 0 Å². The van der Waals surface area contributed by atoms with Gasteiger partial charge in [0.05, 0.1) is 5.52 Å². The summed E-state index contributed by atoms with van der Waals surface area (Å²) < 4.78 is 0. The SMILES string of the molecule is CN.Cc1ncnc2ccccc12. The molecule has 0 atom stereocenters. The summed E-state index contributed by atoms with van der Waals surface area (Å²) in [5, 5.41) is 1.13. The highest BCUT2D eigenvalue weighted by molar-refractivity contribution is 5.80. The third-order valence-electron chi connectivity index (χ3n) is 1.74. The standard InChI is InChI=1S/C9H8N2.CH5N/c1-7-8-4-2-3-5-9(8)11-6-10-7;1-2/h2-6H,1H3;2H2,1H3. The van der Waals surface area contributed by atoms with Gasteiger partial charge in [-0.15, -0.1) is 0 Å². The fourth-order valence-corrected chi connectivity index (χ4v) is 1.14. The lowest BCUT2D eigenvalue weighted by Gasteiger charge is -1.96. The molecule has 0 radical (unpaired) electrons. The van der Waals surface area contributed by atoms with Crippen molar-refractivity contribution in [3.05, 3.63) is 36.3 Å². The molecular weight excluding hydrogens is 162 g/mol. The van der Waals surface area contributed by atoms with E-state index in [9.17, 15) is 0 Å². The average Bonchev–Trinajstić information content (AvgIpc) is 2.22. The van der Waals surface area contributed by atoms with Crippen molar-refractivity contribution in [2.45, 2.75) is 6.92 Å². The summed E-state index contributed by atoms with van der Waals surface area (Å²) in [6, 6.07) is 8.00. The number of rotatable bonds is 0. The van der Waals surface area contributed by atoms with Gasteiger partial charge in [0.25, 0.3) is 0 Å². The van der Waals surface area contributed by atoms with Crippen LogP contribution in [0.2, 0.25) is 0 Å². The van der Waals surface area contributed by atoms with Crippen LogP contribution >= 0.6 is 0 Å². The van der Waals surface area contributed by atoms with Gasteiger partial charge in [0.1, 0.15) is 6.33 Å². The zero-order chi connectivity index (χ0) is 9.68. The molecule has 1 aromatic carbocycles. The van der Waals surface area contributed by atoms with Crippen molar-refractivity contribution in [3.8, 4) is 0 Å². The summed E-state index contributed by atoms with van der Waals surface area (Å²) in [6.07, 6.45) is 1.59. The third kappa shape index (κ3) is 2.00. The molecular formula is C10H13N3. The van der Waals surface area contributed by atoms with Crippen LogP contribution in [0.4, 0.5) is 0 Å². The van der Waals surface area contributed by atoms with E-state index in [0.717, 1.165) is 16.6 Å². The van der Waals surface area contributed by atoms with Gasteiger partial charge in [0, 0.05) is 11.1 Å². The van der Waals surface area contributed by atoms with Crippen molar-refractivity contribution in [1.82, 2.24) is 9.97 Å². The summed E-state index contributed by atoms with van der Waals surface area (Å²) in [4.78, 5) is 8.23. The molecule has 3 heteroatoms. The van der Waals surface area contributed by atoms with E-state index in [1.54, 1.807) is 6.33 Å². The Bertz CT molecular complexity index is 379. The lowest BCUT2D eigenvalue weighted by atomic mass is 10.2. The molecule has 3 nitrogen and oxygen atoms in total. The number of nitrogens with zero attached hydrogens (tertiary/aromatic N) is 2. The molecule has 0 amide bonds. The van der Waals surface area contributed by atoms with Gasteiger partial charge in [0.2, 0.25) is 0 Å². The van der Waals surface area contributed by atoms with Crippen molar-refractivity contribution in [2.75, 3.05) is 7.05 Å². The fourth-order valence-electron chi connectivity index (χ4n) is 1.14. The molecule has 1 heterocycles. The molecule has 0 fully saturated rings. The van der Waals surface area contributed by atoms with Crippen molar-refractivity contribution in [1.29, 1.82) is 0 Å². The quantitative estimate of drug-likeness (QED) is 0.660. The van der Waals surface area contributed by atoms with E-state index in [0.29, 0.717) is 0 Å². The second-order valence-electron chi connectivity index (χ2n) is 2.48.